The van der Waals surface area contributed by atoms with E-state index in [0.29, 0.717) is 13.0 Å². The van der Waals surface area contributed by atoms with Gasteiger partial charge in [0.1, 0.15) is 5.82 Å². The Bertz CT molecular complexity index is 716. The lowest BCUT2D eigenvalue weighted by molar-refractivity contribution is 0.608. The second kappa shape index (κ2) is 5.48. The summed E-state index contributed by atoms with van der Waals surface area (Å²) < 4.78 is 15.9. The zero-order valence-electron chi connectivity index (χ0n) is 10.3. The summed E-state index contributed by atoms with van der Waals surface area (Å²) in [6.07, 6.45) is 5.11. The van der Waals surface area contributed by atoms with Crippen molar-refractivity contribution in [3.8, 4) is 5.69 Å². The molecule has 1 aromatic heterocycles. The van der Waals surface area contributed by atoms with Gasteiger partial charge in [-0.15, -0.1) is 6.58 Å². The molecule has 0 atom stereocenters. The van der Waals surface area contributed by atoms with Crippen molar-refractivity contribution in [3.05, 3.63) is 75.8 Å². The Morgan fingerprint density at radius 2 is 1.89 bits per heavy atom. The lowest BCUT2D eigenvalue weighted by Gasteiger charge is -2.08. The summed E-state index contributed by atoms with van der Waals surface area (Å²) in [5.41, 5.74) is -1.37. The Kier molecular flexibility index (Phi) is 3.75. The number of rotatable bonds is 4. The van der Waals surface area contributed by atoms with Crippen LogP contribution in [-0.4, -0.2) is 9.13 Å². The molecule has 0 fully saturated rings. The molecule has 4 nitrogen and oxygen atoms in total. The van der Waals surface area contributed by atoms with Crippen LogP contribution < -0.4 is 11.1 Å². The molecule has 0 bridgehead atoms. The maximum absolute atomic E-state index is 13.6. The molecule has 0 radical (unpaired) electrons. The minimum atomic E-state index is -0.767. The highest BCUT2D eigenvalue weighted by Crippen LogP contribution is 2.09. The quantitative estimate of drug-likeness (QED) is 0.620. The zero-order valence-corrected chi connectivity index (χ0v) is 10.3. The minimum absolute atomic E-state index is 0.0699. The Morgan fingerprint density at radius 3 is 2.58 bits per heavy atom. The smallest absolute Gasteiger partial charge is 0.309 e. The van der Waals surface area contributed by atoms with Crippen LogP contribution in [0.1, 0.15) is 6.42 Å². The number of hydrogen-bond donors (Lipinski definition) is 0. The molecule has 0 N–H and O–H groups in total. The number of halogens is 1. The van der Waals surface area contributed by atoms with Gasteiger partial charge in [0.05, 0.1) is 5.69 Å². The van der Waals surface area contributed by atoms with E-state index in [2.05, 4.69) is 6.58 Å². The standard InChI is InChI=1S/C14H13FN2O2/c1-2-3-8-16-9-10-17(14(19)13(16)18)12-7-5-4-6-11(12)15/h2,4-7,9-10H,1,3,8H2. The van der Waals surface area contributed by atoms with E-state index in [9.17, 15) is 14.0 Å². The maximum Gasteiger partial charge on any atom is 0.321 e. The maximum atomic E-state index is 13.6. The molecule has 19 heavy (non-hydrogen) atoms. The number of allylic oxidation sites excluding steroid dienone is 1. The number of nitrogens with zero attached hydrogens (tertiary/aromatic N) is 2. The summed E-state index contributed by atoms with van der Waals surface area (Å²) in [5, 5.41) is 0. The summed E-state index contributed by atoms with van der Waals surface area (Å²) in [7, 11) is 0. The van der Waals surface area contributed by atoms with Crippen LogP contribution in [0.25, 0.3) is 5.69 Å². The molecule has 98 valence electrons. The summed E-state index contributed by atoms with van der Waals surface area (Å²) in [4.78, 5) is 23.8. The number of aryl methyl sites for hydroxylation is 1. The number of benzene rings is 1. The summed E-state index contributed by atoms with van der Waals surface area (Å²) in [6, 6.07) is 5.82. The van der Waals surface area contributed by atoms with Gasteiger partial charge in [-0.05, 0) is 18.6 Å². The van der Waals surface area contributed by atoms with Gasteiger partial charge in [0.15, 0.2) is 0 Å². The number of para-hydroxylation sites is 1. The van der Waals surface area contributed by atoms with E-state index in [0.717, 1.165) is 4.57 Å². The van der Waals surface area contributed by atoms with E-state index in [1.807, 2.05) is 0 Å². The van der Waals surface area contributed by atoms with Crippen molar-refractivity contribution < 1.29 is 4.39 Å². The van der Waals surface area contributed by atoms with Crippen LogP contribution in [-0.2, 0) is 6.54 Å². The molecular formula is C14H13FN2O2. The van der Waals surface area contributed by atoms with Crippen molar-refractivity contribution in [2.45, 2.75) is 13.0 Å². The van der Waals surface area contributed by atoms with Gasteiger partial charge in [0.2, 0.25) is 0 Å². The van der Waals surface area contributed by atoms with Crippen LogP contribution in [0.4, 0.5) is 4.39 Å². The molecule has 0 aliphatic rings. The highest BCUT2D eigenvalue weighted by atomic mass is 19.1. The molecule has 0 spiro atoms. The fourth-order valence-corrected chi connectivity index (χ4v) is 1.75. The van der Waals surface area contributed by atoms with Gasteiger partial charge >= 0.3 is 11.1 Å². The highest BCUT2D eigenvalue weighted by Gasteiger charge is 2.09. The van der Waals surface area contributed by atoms with E-state index >= 15 is 0 Å². The van der Waals surface area contributed by atoms with E-state index in [4.69, 9.17) is 0 Å². The Labute approximate surface area is 109 Å². The molecule has 1 heterocycles. The summed E-state index contributed by atoms with van der Waals surface area (Å²) in [5.74, 6) is -0.548. The van der Waals surface area contributed by atoms with Gasteiger partial charge in [-0.25, -0.2) is 4.39 Å². The SMILES string of the molecule is C=CCCn1ccn(-c2ccccc2F)c(=O)c1=O. The molecule has 0 aliphatic carbocycles. The van der Waals surface area contributed by atoms with Crippen LogP contribution in [0.5, 0.6) is 0 Å². The fraction of sp³-hybridized carbons (Fsp3) is 0.143. The van der Waals surface area contributed by atoms with Crippen LogP contribution in [0.15, 0.2) is 58.9 Å². The van der Waals surface area contributed by atoms with Crippen LogP contribution in [0.3, 0.4) is 0 Å². The van der Waals surface area contributed by atoms with Crippen LogP contribution >= 0.6 is 0 Å². The third kappa shape index (κ3) is 2.54. The zero-order chi connectivity index (χ0) is 13.8. The van der Waals surface area contributed by atoms with E-state index in [1.54, 1.807) is 12.1 Å². The molecular weight excluding hydrogens is 247 g/mol. The lowest BCUT2D eigenvalue weighted by Crippen LogP contribution is -2.40. The number of hydrogen-bond acceptors (Lipinski definition) is 2. The van der Waals surface area contributed by atoms with Crippen molar-refractivity contribution in [1.29, 1.82) is 0 Å². The van der Waals surface area contributed by atoms with Gasteiger partial charge in [0, 0.05) is 18.9 Å². The van der Waals surface area contributed by atoms with E-state index in [-0.39, 0.29) is 5.69 Å². The summed E-state index contributed by atoms with van der Waals surface area (Å²) in [6.45, 7) is 3.94. The third-order valence-electron chi connectivity index (χ3n) is 2.74. The van der Waals surface area contributed by atoms with Gasteiger partial charge in [-0.2, -0.15) is 0 Å². The average molecular weight is 260 g/mol. The molecule has 0 saturated carbocycles. The first-order chi connectivity index (χ1) is 9.15. The van der Waals surface area contributed by atoms with E-state index in [1.165, 1.54) is 35.2 Å². The first-order valence-electron chi connectivity index (χ1n) is 5.83. The Morgan fingerprint density at radius 1 is 1.16 bits per heavy atom. The Balaban J connectivity index is 2.54. The number of aromatic nitrogens is 2. The van der Waals surface area contributed by atoms with Crippen molar-refractivity contribution in [3.63, 3.8) is 0 Å². The molecule has 0 unspecified atom stereocenters. The molecule has 0 aliphatic heterocycles. The molecule has 5 heteroatoms. The second-order valence-electron chi connectivity index (χ2n) is 4.00. The van der Waals surface area contributed by atoms with Crippen molar-refractivity contribution >= 4 is 0 Å². The monoisotopic (exact) mass is 260 g/mol. The topological polar surface area (TPSA) is 44.0 Å². The molecule has 2 rings (SSSR count). The predicted molar refractivity (Wildman–Crippen MR) is 71.1 cm³/mol. The van der Waals surface area contributed by atoms with Crippen molar-refractivity contribution in [1.82, 2.24) is 9.13 Å². The molecule has 0 saturated heterocycles. The normalized spacial score (nSPS) is 10.4. The first kappa shape index (κ1) is 13.0. The molecule has 1 aromatic carbocycles. The Hall–Kier alpha value is -2.43. The van der Waals surface area contributed by atoms with Gasteiger partial charge in [-0.3, -0.25) is 14.2 Å². The molecule has 2 aromatic rings. The van der Waals surface area contributed by atoms with Gasteiger partial charge in [-0.1, -0.05) is 18.2 Å². The van der Waals surface area contributed by atoms with Crippen LogP contribution in [0.2, 0.25) is 0 Å². The molecule has 0 amide bonds. The average Bonchev–Trinajstić information content (AvgIpc) is 2.42. The van der Waals surface area contributed by atoms with Crippen LogP contribution in [0, 0.1) is 5.82 Å². The second-order valence-corrected chi connectivity index (χ2v) is 4.00. The largest absolute Gasteiger partial charge is 0.321 e. The van der Waals surface area contributed by atoms with Gasteiger partial charge < -0.3 is 4.57 Å². The lowest BCUT2D eigenvalue weighted by atomic mass is 10.3. The van der Waals surface area contributed by atoms with Crippen molar-refractivity contribution in [2.75, 3.05) is 0 Å². The minimum Gasteiger partial charge on any atom is -0.309 e. The predicted octanol–water partition coefficient (Wildman–Crippen LogP) is 1.71. The fourth-order valence-electron chi connectivity index (χ4n) is 1.75. The van der Waals surface area contributed by atoms with E-state index < -0.39 is 16.9 Å². The van der Waals surface area contributed by atoms with Crippen molar-refractivity contribution in [2.24, 2.45) is 0 Å². The first-order valence-corrected chi connectivity index (χ1v) is 5.83. The third-order valence-corrected chi connectivity index (χ3v) is 2.74. The van der Waals surface area contributed by atoms with Gasteiger partial charge in [0.25, 0.3) is 0 Å². The highest BCUT2D eigenvalue weighted by molar-refractivity contribution is 5.33. The summed E-state index contributed by atoms with van der Waals surface area (Å²) >= 11 is 0.